The number of fused-ring (bicyclic) bond motifs is 1. The summed E-state index contributed by atoms with van der Waals surface area (Å²) >= 11 is 7.65. The zero-order chi connectivity index (χ0) is 19.4. The smallest absolute Gasteiger partial charge is 0.267 e. The van der Waals surface area contributed by atoms with Crippen molar-refractivity contribution in [3.63, 3.8) is 0 Å². The van der Waals surface area contributed by atoms with Gasteiger partial charge in [-0.25, -0.2) is 13.1 Å². The molecule has 0 radical (unpaired) electrons. The lowest BCUT2D eigenvalue weighted by Gasteiger charge is -2.08. The van der Waals surface area contributed by atoms with Gasteiger partial charge >= 0.3 is 0 Å². The zero-order valence-electron chi connectivity index (χ0n) is 14.7. The molecular formula is C19H19ClN2O3S2. The van der Waals surface area contributed by atoms with E-state index in [0.717, 1.165) is 22.9 Å². The number of sulfonamides is 1. The topological polar surface area (TPSA) is 75.3 Å². The van der Waals surface area contributed by atoms with E-state index < -0.39 is 10.0 Å². The van der Waals surface area contributed by atoms with Crippen LogP contribution in [0.5, 0.6) is 0 Å². The molecule has 5 nitrogen and oxygen atoms in total. The average Bonchev–Trinajstić information content (AvgIpc) is 2.99. The molecule has 0 unspecified atom stereocenters. The number of rotatable bonds is 7. The third-order valence-corrected chi connectivity index (χ3v) is 7.14. The van der Waals surface area contributed by atoms with E-state index in [1.54, 1.807) is 12.1 Å². The van der Waals surface area contributed by atoms with Gasteiger partial charge in [0.15, 0.2) is 0 Å². The van der Waals surface area contributed by atoms with E-state index in [0.29, 0.717) is 22.1 Å². The first kappa shape index (κ1) is 19.8. The quantitative estimate of drug-likeness (QED) is 0.532. The summed E-state index contributed by atoms with van der Waals surface area (Å²) in [5.74, 6) is -0.321. The molecule has 142 valence electrons. The van der Waals surface area contributed by atoms with Gasteiger partial charge in [0.05, 0.1) is 9.92 Å². The molecule has 8 heteroatoms. The molecule has 3 rings (SSSR count). The Morgan fingerprint density at radius 3 is 2.48 bits per heavy atom. The number of halogens is 1. The van der Waals surface area contributed by atoms with Crippen LogP contribution in [-0.2, 0) is 10.0 Å². The molecule has 1 amide bonds. The molecule has 0 bridgehead atoms. The third kappa shape index (κ3) is 4.50. The molecular weight excluding hydrogens is 404 g/mol. The number of nitrogens with one attached hydrogen (secondary N) is 2. The Morgan fingerprint density at radius 1 is 1.11 bits per heavy atom. The van der Waals surface area contributed by atoms with Gasteiger partial charge in [-0.2, -0.15) is 0 Å². The third-order valence-electron chi connectivity index (χ3n) is 3.99. The number of hydrogen-bond donors (Lipinski definition) is 2. The normalized spacial score (nSPS) is 11.6. The van der Waals surface area contributed by atoms with Crippen LogP contribution in [0.3, 0.4) is 0 Å². The van der Waals surface area contributed by atoms with Gasteiger partial charge in [0.1, 0.15) is 4.88 Å². The Bertz CT molecular complexity index is 1060. The van der Waals surface area contributed by atoms with Gasteiger partial charge in [-0.05, 0) is 36.8 Å². The monoisotopic (exact) mass is 422 g/mol. The van der Waals surface area contributed by atoms with Crippen molar-refractivity contribution in [3.05, 3.63) is 58.4 Å². The standard InChI is InChI=1S/C19H19ClN2O3S2/c1-2-3-12-21-27(24,25)14-10-8-13(9-11-14)22-19(23)18-17(20)15-6-4-5-7-16(15)26-18/h4-11,21H,2-3,12H2,1H3,(H,22,23). The summed E-state index contributed by atoms with van der Waals surface area (Å²) in [4.78, 5) is 13.1. The van der Waals surface area contributed by atoms with Gasteiger partial charge < -0.3 is 5.32 Å². The van der Waals surface area contributed by atoms with Crippen LogP contribution in [-0.4, -0.2) is 20.9 Å². The van der Waals surface area contributed by atoms with E-state index in [-0.39, 0.29) is 10.8 Å². The predicted molar refractivity (Wildman–Crippen MR) is 111 cm³/mol. The van der Waals surface area contributed by atoms with E-state index in [1.165, 1.54) is 23.5 Å². The Labute approximate surface area is 167 Å². The van der Waals surface area contributed by atoms with Crippen LogP contribution in [0.25, 0.3) is 10.1 Å². The maximum absolute atomic E-state index is 12.5. The van der Waals surface area contributed by atoms with E-state index in [2.05, 4.69) is 10.0 Å². The lowest BCUT2D eigenvalue weighted by molar-refractivity contribution is 0.103. The number of carbonyl (C=O) groups excluding carboxylic acids is 1. The largest absolute Gasteiger partial charge is 0.321 e. The summed E-state index contributed by atoms with van der Waals surface area (Å²) in [6.45, 7) is 2.40. The van der Waals surface area contributed by atoms with E-state index >= 15 is 0 Å². The van der Waals surface area contributed by atoms with Gasteiger partial charge in [0.25, 0.3) is 5.91 Å². The summed E-state index contributed by atoms with van der Waals surface area (Å²) in [6.07, 6.45) is 1.69. The number of anilines is 1. The number of unbranched alkanes of at least 4 members (excludes halogenated alkanes) is 1. The lowest BCUT2D eigenvalue weighted by Crippen LogP contribution is -2.24. The second-order valence-corrected chi connectivity index (χ2v) is 9.17. The van der Waals surface area contributed by atoms with Crippen molar-refractivity contribution in [2.75, 3.05) is 11.9 Å². The fourth-order valence-electron chi connectivity index (χ4n) is 2.53. The molecule has 0 spiro atoms. The van der Waals surface area contributed by atoms with Crippen LogP contribution in [0.4, 0.5) is 5.69 Å². The minimum atomic E-state index is -3.54. The molecule has 1 aromatic heterocycles. The van der Waals surface area contributed by atoms with Crippen LogP contribution in [0.2, 0.25) is 5.02 Å². The minimum Gasteiger partial charge on any atom is -0.321 e. The second-order valence-electron chi connectivity index (χ2n) is 5.97. The molecule has 27 heavy (non-hydrogen) atoms. The Hall–Kier alpha value is -1.93. The first-order chi connectivity index (χ1) is 12.9. The molecule has 0 fully saturated rings. The maximum atomic E-state index is 12.5. The molecule has 0 saturated carbocycles. The Balaban J connectivity index is 1.74. The highest BCUT2D eigenvalue weighted by atomic mass is 35.5. The van der Waals surface area contributed by atoms with Crippen LogP contribution in [0.15, 0.2) is 53.4 Å². The number of benzene rings is 2. The molecule has 3 aromatic rings. The van der Waals surface area contributed by atoms with Crippen molar-refractivity contribution in [3.8, 4) is 0 Å². The van der Waals surface area contributed by atoms with E-state index in [9.17, 15) is 13.2 Å². The van der Waals surface area contributed by atoms with Gasteiger partial charge in [-0.15, -0.1) is 11.3 Å². The van der Waals surface area contributed by atoms with E-state index in [4.69, 9.17) is 11.6 Å². The van der Waals surface area contributed by atoms with Crippen molar-refractivity contribution < 1.29 is 13.2 Å². The summed E-state index contributed by atoms with van der Waals surface area (Å²) < 4.78 is 27.9. The SMILES string of the molecule is CCCCNS(=O)(=O)c1ccc(NC(=O)c2sc3ccccc3c2Cl)cc1. The van der Waals surface area contributed by atoms with Crippen LogP contribution >= 0.6 is 22.9 Å². The molecule has 0 aliphatic heterocycles. The fraction of sp³-hybridized carbons (Fsp3) is 0.211. The zero-order valence-corrected chi connectivity index (χ0v) is 17.0. The van der Waals surface area contributed by atoms with Crippen molar-refractivity contribution in [1.82, 2.24) is 4.72 Å². The average molecular weight is 423 g/mol. The molecule has 0 saturated heterocycles. The summed E-state index contributed by atoms with van der Waals surface area (Å²) in [5.41, 5.74) is 0.501. The highest BCUT2D eigenvalue weighted by Gasteiger charge is 2.18. The lowest BCUT2D eigenvalue weighted by atomic mass is 10.2. The number of thiophene rings is 1. The molecule has 0 aliphatic carbocycles. The van der Waals surface area contributed by atoms with Gasteiger partial charge in [-0.3, -0.25) is 4.79 Å². The van der Waals surface area contributed by atoms with Crippen molar-refractivity contribution in [2.24, 2.45) is 0 Å². The Morgan fingerprint density at radius 2 is 1.81 bits per heavy atom. The molecule has 0 atom stereocenters. The number of hydrogen-bond acceptors (Lipinski definition) is 4. The van der Waals surface area contributed by atoms with Crippen LogP contribution < -0.4 is 10.0 Å². The molecule has 0 aliphatic rings. The maximum Gasteiger partial charge on any atom is 0.267 e. The van der Waals surface area contributed by atoms with Gasteiger partial charge in [-0.1, -0.05) is 43.1 Å². The number of carbonyl (C=O) groups is 1. The van der Waals surface area contributed by atoms with Gasteiger partial charge in [0, 0.05) is 22.3 Å². The first-order valence-electron chi connectivity index (χ1n) is 8.50. The summed E-state index contributed by atoms with van der Waals surface area (Å²) in [7, 11) is -3.54. The van der Waals surface area contributed by atoms with Crippen molar-refractivity contribution in [1.29, 1.82) is 0 Å². The van der Waals surface area contributed by atoms with Gasteiger partial charge in [0.2, 0.25) is 10.0 Å². The summed E-state index contributed by atoms with van der Waals surface area (Å²) in [6, 6.07) is 13.6. The first-order valence-corrected chi connectivity index (χ1v) is 11.2. The second kappa shape index (κ2) is 8.39. The predicted octanol–water partition coefficient (Wildman–Crippen LogP) is 4.89. The fourth-order valence-corrected chi connectivity index (χ4v) is 5.02. The van der Waals surface area contributed by atoms with E-state index in [1.807, 2.05) is 31.2 Å². The van der Waals surface area contributed by atoms with Crippen molar-refractivity contribution >= 4 is 54.6 Å². The van der Waals surface area contributed by atoms with Crippen LogP contribution in [0.1, 0.15) is 29.4 Å². The highest BCUT2D eigenvalue weighted by Crippen LogP contribution is 2.35. The molecule has 2 aromatic carbocycles. The van der Waals surface area contributed by atoms with Crippen molar-refractivity contribution in [2.45, 2.75) is 24.7 Å². The highest BCUT2D eigenvalue weighted by molar-refractivity contribution is 7.89. The minimum absolute atomic E-state index is 0.163. The number of amides is 1. The molecule has 2 N–H and O–H groups in total. The van der Waals surface area contributed by atoms with Crippen LogP contribution in [0, 0.1) is 0 Å². The summed E-state index contributed by atoms with van der Waals surface area (Å²) in [5, 5.41) is 4.03. The Kier molecular flexibility index (Phi) is 6.16. The molecule has 1 heterocycles.